The average molecular weight is 387 g/mol. The van der Waals surface area contributed by atoms with Crippen molar-refractivity contribution in [3.05, 3.63) is 83.4 Å². The third-order valence-corrected chi connectivity index (χ3v) is 4.49. The number of Topliss-reactive ketones (excluding diaryl/α,β-unsaturated/α-hetero) is 1. The Hall–Kier alpha value is -4.25. The molecule has 0 aliphatic carbocycles. The molecule has 0 radical (unpaired) electrons. The number of H-pyrrole nitrogens is 1. The highest BCUT2D eigenvalue weighted by molar-refractivity contribution is 6.48. The Morgan fingerprint density at radius 3 is 2.66 bits per heavy atom. The van der Waals surface area contributed by atoms with Gasteiger partial charge >= 0.3 is 0 Å². The lowest BCUT2D eigenvalue weighted by Gasteiger charge is -2.05. The second-order valence-corrected chi connectivity index (χ2v) is 6.36. The quantitative estimate of drug-likeness (QED) is 0.405. The molecule has 0 spiro atoms. The van der Waals surface area contributed by atoms with Crippen LogP contribution in [-0.2, 0) is 11.3 Å². The van der Waals surface area contributed by atoms with Gasteiger partial charge in [0.05, 0.1) is 28.9 Å². The fourth-order valence-corrected chi connectivity index (χ4v) is 3.16. The van der Waals surface area contributed by atoms with Gasteiger partial charge in [-0.1, -0.05) is 18.2 Å². The maximum absolute atomic E-state index is 13.2. The monoisotopic (exact) mass is 387 g/mol. The molecule has 2 N–H and O–H groups in total. The first-order valence-electron chi connectivity index (χ1n) is 8.68. The molecule has 0 aliphatic heterocycles. The maximum Gasteiger partial charge on any atom is 0.297 e. The molecular formula is C21H14FN5O2. The van der Waals surface area contributed by atoms with Crippen molar-refractivity contribution in [2.75, 3.05) is 5.32 Å². The van der Waals surface area contributed by atoms with E-state index < -0.39 is 11.7 Å². The van der Waals surface area contributed by atoms with Crippen molar-refractivity contribution >= 4 is 28.4 Å². The number of hydrogen-bond donors (Lipinski definition) is 2. The van der Waals surface area contributed by atoms with Crippen molar-refractivity contribution in [2.24, 2.45) is 0 Å². The molecule has 7 nitrogen and oxygen atoms in total. The van der Waals surface area contributed by atoms with E-state index in [-0.39, 0.29) is 16.9 Å². The minimum atomic E-state index is -0.845. The lowest BCUT2D eigenvalue weighted by atomic mass is 10.0. The van der Waals surface area contributed by atoms with Crippen LogP contribution >= 0.6 is 0 Å². The Morgan fingerprint density at radius 2 is 1.97 bits per heavy atom. The summed E-state index contributed by atoms with van der Waals surface area (Å²) in [6.07, 6.45) is 2.99. The number of benzene rings is 2. The number of anilines is 1. The number of rotatable bonds is 5. The summed E-state index contributed by atoms with van der Waals surface area (Å²) >= 11 is 0. The zero-order chi connectivity index (χ0) is 20.4. The number of nitriles is 1. The Balaban J connectivity index is 1.76. The summed E-state index contributed by atoms with van der Waals surface area (Å²) in [4.78, 5) is 25.3. The molecule has 0 saturated heterocycles. The van der Waals surface area contributed by atoms with Gasteiger partial charge in [-0.25, -0.2) is 4.39 Å². The Kier molecular flexibility index (Phi) is 4.63. The minimum Gasteiger partial charge on any atom is -0.342 e. The number of amides is 1. The Morgan fingerprint density at radius 1 is 1.17 bits per heavy atom. The molecule has 4 aromatic rings. The second-order valence-electron chi connectivity index (χ2n) is 6.36. The summed E-state index contributed by atoms with van der Waals surface area (Å²) in [6, 6.07) is 14.6. The first kappa shape index (κ1) is 18.1. The molecule has 0 fully saturated rings. The molecule has 2 aromatic carbocycles. The fourth-order valence-electron chi connectivity index (χ4n) is 3.16. The first-order valence-corrected chi connectivity index (χ1v) is 8.68. The van der Waals surface area contributed by atoms with Gasteiger partial charge in [0.15, 0.2) is 0 Å². The lowest BCUT2D eigenvalue weighted by molar-refractivity contribution is -0.112. The molecule has 0 bridgehead atoms. The highest BCUT2D eigenvalue weighted by atomic mass is 19.1. The predicted octanol–water partition coefficient (Wildman–Crippen LogP) is 3.24. The van der Waals surface area contributed by atoms with Crippen LogP contribution in [0.15, 0.2) is 60.9 Å². The van der Waals surface area contributed by atoms with E-state index in [1.165, 1.54) is 24.4 Å². The van der Waals surface area contributed by atoms with Crippen LogP contribution in [0.5, 0.6) is 0 Å². The van der Waals surface area contributed by atoms with E-state index >= 15 is 0 Å². The van der Waals surface area contributed by atoms with Gasteiger partial charge in [-0.15, -0.1) is 0 Å². The number of fused-ring (bicyclic) bond motifs is 1. The van der Waals surface area contributed by atoms with Crippen LogP contribution in [0.25, 0.3) is 10.9 Å². The van der Waals surface area contributed by atoms with E-state index in [1.54, 1.807) is 41.1 Å². The zero-order valence-corrected chi connectivity index (χ0v) is 15.0. The number of nitrogens with zero attached hydrogens (tertiary/aromatic N) is 3. The zero-order valence-electron chi connectivity index (χ0n) is 15.0. The predicted molar refractivity (Wildman–Crippen MR) is 104 cm³/mol. The van der Waals surface area contributed by atoms with Gasteiger partial charge in [-0.2, -0.15) is 10.4 Å². The normalized spacial score (nSPS) is 10.6. The topological polar surface area (TPSA) is 104 Å². The third-order valence-electron chi connectivity index (χ3n) is 4.49. The summed E-state index contributed by atoms with van der Waals surface area (Å²) < 4.78 is 15.0. The Bertz CT molecular complexity index is 1250. The number of aromatic nitrogens is 3. The number of hydrogen-bond acceptors (Lipinski definition) is 4. The molecule has 4 rings (SSSR count). The van der Waals surface area contributed by atoms with Crippen molar-refractivity contribution in [1.82, 2.24) is 14.8 Å². The molecule has 0 aliphatic rings. The van der Waals surface area contributed by atoms with Crippen LogP contribution in [-0.4, -0.2) is 26.5 Å². The number of aromatic amines is 1. The van der Waals surface area contributed by atoms with Gasteiger partial charge in [0.25, 0.3) is 11.7 Å². The summed E-state index contributed by atoms with van der Waals surface area (Å²) in [5.74, 6) is -1.67. The van der Waals surface area contributed by atoms with Gasteiger partial charge in [0.2, 0.25) is 0 Å². The standard InChI is InChI=1S/C21H14FN5O2/c22-15-6-4-13(5-7-15)11-27-12-16(19-14(10-23)2-1-3-17(19)27)20(28)21(29)25-18-8-9-24-26-18/h1-9,12H,11H2,(H2,24,25,26,29). The number of halogens is 1. The van der Waals surface area contributed by atoms with Crippen LogP contribution in [0, 0.1) is 17.1 Å². The fraction of sp³-hybridized carbons (Fsp3) is 0.0476. The molecule has 0 unspecified atom stereocenters. The first-order chi connectivity index (χ1) is 14.1. The van der Waals surface area contributed by atoms with Gasteiger partial charge in [-0.3, -0.25) is 14.7 Å². The van der Waals surface area contributed by atoms with E-state index in [0.717, 1.165) is 5.56 Å². The average Bonchev–Trinajstić information content (AvgIpc) is 3.37. The Labute approximate surface area is 164 Å². The molecule has 8 heteroatoms. The van der Waals surface area contributed by atoms with Crippen LogP contribution in [0.1, 0.15) is 21.5 Å². The van der Waals surface area contributed by atoms with E-state index in [9.17, 15) is 19.2 Å². The summed E-state index contributed by atoms with van der Waals surface area (Å²) in [6.45, 7) is 0.348. The molecule has 2 heterocycles. The number of ketones is 1. The molecule has 2 aromatic heterocycles. The summed E-state index contributed by atoms with van der Waals surface area (Å²) in [5, 5.41) is 18.6. The lowest BCUT2D eigenvalue weighted by Crippen LogP contribution is -2.23. The van der Waals surface area contributed by atoms with E-state index in [4.69, 9.17) is 0 Å². The van der Waals surface area contributed by atoms with Crippen molar-refractivity contribution < 1.29 is 14.0 Å². The second kappa shape index (κ2) is 7.40. The molecule has 0 atom stereocenters. The van der Waals surface area contributed by atoms with Crippen molar-refractivity contribution in [3.63, 3.8) is 0 Å². The molecular weight excluding hydrogens is 373 g/mol. The van der Waals surface area contributed by atoms with E-state index in [1.807, 2.05) is 0 Å². The van der Waals surface area contributed by atoms with E-state index in [0.29, 0.717) is 23.3 Å². The van der Waals surface area contributed by atoms with Crippen LogP contribution in [0.3, 0.4) is 0 Å². The number of carbonyl (C=O) groups is 2. The van der Waals surface area contributed by atoms with Crippen LogP contribution < -0.4 is 5.32 Å². The van der Waals surface area contributed by atoms with Gasteiger partial charge in [0.1, 0.15) is 11.6 Å². The van der Waals surface area contributed by atoms with Gasteiger partial charge in [-0.05, 0) is 29.8 Å². The number of nitrogens with one attached hydrogen (secondary N) is 2. The molecule has 142 valence electrons. The van der Waals surface area contributed by atoms with Crippen molar-refractivity contribution in [1.29, 1.82) is 5.26 Å². The maximum atomic E-state index is 13.2. The molecule has 29 heavy (non-hydrogen) atoms. The molecule has 1 amide bonds. The largest absolute Gasteiger partial charge is 0.342 e. The van der Waals surface area contributed by atoms with Crippen LogP contribution in [0.2, 0.25) is 0 Å². The van der Waals surface area contributed by atoms with Crippen molar-refractivity contribution in [3.8, 4) is 6.07 Å². The van der Waals surface area contributed by atoms with Crippen LogP contribution in [0.4, 0.5) is 10.2 Å². The number of carbonyl (C=O) groups excluding carboxylic acids is 2. The third kappa shape index (κ3) is 3.49. The highest BCUT2D eigenvalue weighted by Gasteiger charge is 2.24. The summed E-state index contributed by atoms with van der Waals surface area (Å²) in [7, 11) is 0. The highest BCUT2D eigenvalue weighted by Crippen LogP contribution is 2.27. The van der Waals surface area contributed by atoms with Gasteiger partial charge < -0.3 is 9.88 Å². The smallest absolute Gasteiger partial charge is 0.297 e. The van der Waals surface area contributed by atoms with E-state index in [2.05, 4.69) is 21.6 Å². The summed E-state index contributed by atoms with van der Waals surface area (Å²) in [5.41, 5.74) is 1.85. The molecule has 0 saturated carbocycles. The van der Waals surface area contributed by atoms with Crippen molar-refractivity contribution in [2.45, 2.75) is 6.54 Å². The SMILES string of the molecule is N#Cc1cccc2c1c(C(=O)C(=O)Nc1ccn[nH]1)cn2Cc1ccc(F)cc1. The minimum absolute atomic E-state index is 0.122. The van der Waals surface area contributed by atoms with Gasteiger partial charge in [0, 0.05) is 24.2 Å².